The van der Waals surface area contributed by atoms with Crippen LogP contribution in [-0.4, -0.2) is 28.6 Å². The van der Waals surface area contributed by atoms with Gasteiger partial charge in [0.05, 0.1) is 0 Å². The monoisotopic (exact) mass is 300 g/mol. The molecule has 0 saturated carbocycles. The molecule has 1 unspecified atom stereocenters. The third-order valence-electron chi connectivity index (χ3n) is 3.92. The molecule has 0 N–H and O–H groups in total. The molecule has 0 spiro atoms. The maximum atomic E-state index is 12.7. The number of benzene rings is 1. The van der Waals surface area contributed by atoms with Crippen LogP contribution in [0.15, 0.2) is 40.9 Å². The zero-order valence-electron chi connectivity index (χ0n) is 13.6. The van der Waals surface area contributed by atoms with Crippen LogP contribution in [0.4, 0.5) is 0 Å². The van der Waals surface area contributed by atoms with Gasteiger partial charge in [0.15, 0.2) is 11.5 Å². The Morgan fingerprint density at radius 3 is 2.64 bits per heavy atom. The Morgan fingerprint density at radius 1 is 1.27 bits per heavy atom. The molecule has 22 heavy (non-hydrogen) atoms. The first-order chi connectivity index (χ1) is 10.7. The number of rotatable bonds is 7. The summed E-state index contributed by atoms with van der Waals surface area (Å²) in [5.74, 6) is 0.581. The third-order valence-corrected chi connectivity index (χ3v) is 3.92. The van der Waals surface area contributed by atoms with Crippen molar-refractivity contribution < 1.29 is 9.32 Å². The van der Waals surface area contributed by atoms with E-state index in [-0.39, 0.29) is 11.9 Å². The highest BCUT2D eigenvalue weighted by molar-refractivity contribution is 5.93. The van der Waals surface area contributed by atoms with Crippen molar-refractivity contribution >= 4 is 5.91 Å². The maximum Gasteiger partial charge on any atom is 0.276 e. The molecule has 118 valence electrons. The van der Waals surface area contributed by atoms with Crippen LogP contribution in [0.2, 0.25) is 0 Å². The van der Waals surface area contributed by atoms with Gasteiger partial charge in [0, 0.05) is 24.2 Å². The topological polar surface area (TPSA) is 46.3 Å². The molecule has 1 atom stereocenters. The van der Waals surface area contributed by atoms with E-state index in [1.165, 1.54) is 0 Å². The van der Waals surface area contributed by atoms with Crippen LogP contribution in [-0.2, 0) is 0 Å². The Hall–Kier alpha value is -2.10. The molecule has 2 rings (SSSR count). The van der Waals surface area contributed by atoms with Crippen LogP contribution >= 0.6 is 0 Å². The molecule has 0 bridgehead atoms. The summed E-state index contributed by atoms with van der Waals surface area (Å²) in [6, 6.07) is 11.6. The quantitative estimate of drug-likeness (QED) is 0.762. The molecule has 0 aliphatic heterocycles. The fourth-order valence-electron chi connectivity index (χ4n) is 2.33. The first-order valence-corrected chi connectivity index (χ1v) is 8.00. The first-order valence-electron chi connectivity index (χ1n) is 8.00. The van der Waals surface area contributed by atoms with Crippen molar-refractivity contribution in [2.75, 3.05) is 6.54 Å². The maximum absolute atomic E-state index is 12.7. The molecule has 1 amide bonds. The van der Waals surface area contributed by atoms with E-state index < -0.39 is 0 Å². The zero-order valence-corrected chi connectivity index (χ0v) is 13.6. The number of nitrogens with zero attached hydrogens (tertiary/aromatic N) is 2. The largest absolute Gasteiger partial charge is 0.355 e. The predicted octanol–water partition coefficient (Wildman–Crippen LogP) is 4.38. The van der Waals surface area contributed by atoms with Crippen LogP contribution < -0.4 is 0 Å². The number of unbranched alkanes of at least 4 members (excludes halogenated alkanes) is 1. The van der Waals surface area contributed by atoms with Crippen molar-refractivity contribution in [2.24, 2.45) is 0 Å². The van der Waals surface area contributed by atoms with Crippen molar-refractivity contribution in [1.29, 1.82) is 0 Å². The van der Waals surface area contributed by atoms with Gasteiger partial charge in [-0.2, -0.15) is 0 Å². The molecule has 4 nitrogen and oxygen atoms in total. The number of carbonyl (C=O) groups is 1. The van der Waals surface area contributed by atoms with E-state index in [1.54, 1.807) is 6.07 Å². The van der Waals surface area contributed by atoms with Gasteiger partial charge < -0.3 is 9.42 Å². The second kappa shape index (κ2) is 7.78. The number of carbonyl (C=O) groups excluding carboxylic acids is 1. The SMILES string of the molecule is CCCCN(C(=O)c1cc(-c2ccccc2)on1)C(C)CC. The van der Waals surface area contributed by atoms with Gasteiger partial charge >= 0.3 is 0 Å². The zero-order chi connectivity index (χ0) is 15.9. The van der Waals surface area contributed by atoms with Gasteiger partial charge in [-0.25, -0.2) is 0 Å². The molecule has 1 heterocycles. The molecule has 0 aliphatic rings. The lowest BCUT2D eigenvalue weighted by atomic mass is 10.1. The highest BCUT2D eigenvalue weighted by atomic mass is 16.5. The molecule has 0 saturated heterocycles. The van der Waals surface area contributed by atoms with E-state index in [4.69, 9.17) is 4.52 Å². The van der Waals surface area contributed by atoms with Crippen LogP contribution in [0.5, 0.6) is 0 Å². The second-order valence-electron chi connectivity index (χ2n) is 5.55. The molecule has 2 aromatic rings. The van der Waals surface area contributed by atoms with Gasteiger partial charge in [0.25, 0.3) is 5.91 Å². The van der Waals surface area contributed by atoms with E-state index in [1.807, 2.05) is 35.2 Å². The number of hydrogen-bond acceptors (Lipinski definition) is 3. The van der Waals surface area contributed by atoms with Gasteiger partial charge in [-0.3, -0.25) is 4.79 Å². The summed E-state index contributed by atoms with van der Waals surface area (Å²) in [5, 5.41) is 3.97. The highest BCUT2D eigenvalue weighted by Gasteiger charge is 2.23. The van der Waals surface area contributed by atoms with Gasteiger partial charge in [-0.05, 0) is 19.8 Å². The standard InChI is InChI=1S/C18H24N2O2/c1-4-6-12-20(14(3)5-2)18(21)16-13-17(22-19-16)15-10-8-7-9-11-15/h7-11,13-14H,4-6,12H2,1-3H3. The van der Waals surface area contributed by atoms with Crippen LogP contribution in [0, 0.1) is 0 Å². The lowest BCUT2D eigenvalue weighted by molar-refractivity contribution is 0.0674. The molecule has 1 aromatic carbocycles. The fourth-order valence-corrected chi connectivity index (χ4v) is 2.33. The number of hydrogen-bond donors (Lipinski definition) is 0. The summed E-state index contributed by atoms with van der Waals surface area (Å²) in [7, 11) is 0. The Labute approximate surface area is 132 Å². The minimum Gasteiger partial charge on any atom is -0.355 e. The Morgan fingerprint density at radius 2 is 2.00 bits per heavy atom. The predicted molar refractivity (Wildman–Crippen MR) is 87.6 cm³/mol. The summed E-state index contributed by atoms with van der Waals surface area (Å²) in [5.41, 5.74) is 1.31. The Kier molecular flexibility index (Phi) is 5.75. The van der Waals surface area contributed by atoms with Crippen LogP contribution in [0.25, 0.3) is 11.3 Å². The van der Waals surface area contributed by atoms with E-state index in [2.05, 4.69) is 25.9 Å². The Balaban J connectivity index is 2.19. The summed E-state index contributed by atoms with van der Waals surface area (Å²) in [6.07, 6.45) is 2.99. The van der Waals surface area contributed by atoms with Crippen molar-refractivity contribution in [2.45, 2.75) is 46.1 Å². The molecule has 0 fully saturated rings. The second-order valence-corrected chi connectivity index (χ2v) is 5.55. The minimum atomic E-state index is -0.0475. The van der Waals surface area contributed by atoms with Gasteiger partial charge in [-0.15, -0.1) is 0 Å². The lowest BCUT2D eigenvalue weighted by Crippen LogP contribution is -2.39. The minimum absolute atomic E-state index is 0.0475. The molecular weight excluding hydrogens is 276 g/mol. The molecule has 0 radical (unpaired) electrons. The number of amides is 1. The van der Waals surface area contributed by atoms with Crippen molar-refractivity contribution in [3.05, 3.63) is 42.1 Å². The molecule has 0 aliphatic carbocycles. The average molecular weight is 300 g/mol. The fraction of sp³-hybridized carbons (Fsp3) is 0.444. The van der Waals surface area contributed by atoms with Gasteiger partial charge in [-0.1, -0.05) is 55.8 Å². The normalized spacial score (nSPS) is 12.1. The third kappa shape index (κ3) is 3.75. The van der Waals surface area contributed by atoms with Crippen molar-refractivity contribution in [3.8, 4) is 11.3 Å². The van der Waals surface area contributed by atoms with E-state index in [9.17, 15) is 4.79 Å². The lowest BCUT2D eigenvalue weighted by Gasteiger charge is -2.27. The van der Waals surface area contributed by atoms with Crippen LogP contribution in [0.3, 0.4) is 0 Å². The summed E-state index contributed by atoms with van der Waals surface area (Å²) >= 11 is 0. The summed E-state index contributed by atoms with van der Waals surface area (Å²) in [4.78, 5) is 14.6. The summed E-state index contributed by atoms with van der Waals surface area (Å²) in [6.45, 7) is 7.06. The van der Waals surface area contributed by atoms with Crippen molar-refractivity contribution in [3.63, 3.8) is 0 Å². The van der Waals surface area contributed by atoms with E-state index >= 15 is 0 Å². The molecule has 4 heteroatoms. The highest BCUT2D eigenvalue weighted by Crippen LogP contribution is 2.21. The van der Waals surface area contributed by atoms with Gasteiger partial charge in [0.1, 0.15) is 0 Å². The Bertz CT molecular complexity index is 592. The van der Waals surface area contributed by atoms with E-state index in [0.717, 1.165) is 31.4 Å². The van der Waals surface area contributed by atoms with Crippen molar-refractivity contribution in [1.82, 2.24) is 10.1 Å². The summed E-state index contributed by atoms with van der Waals surface area (Å²) < 4.78 is 5.34. The number of aromatic nitrogens is 1. The average Bonchev–Trinajstić information content (AvgIpc) is 3.05. The first kappa shape index (κ1) is 16.3. The molecular formula is C18H24N2O2. The smallest absolute Gasteiger partial charge is 0.276 e. The van der Waals surface area contributed by atoms with E-state index in [0.29, 0.717) is 11.5 Å². The van der Waals surface area contributed by atoms with Crippen LogP contribution in [0.1, 0.15) is 50.5 Å². The molecule has 1 aromatic heterocycles. The van der Waals surface area contributed by atoms with Gasteiger partial charge in [0.2, 0.25) is 0 Å².